The number of hydrogen-bond acceptors (Lipinski definition) is 8. The summed E-state index contributed by atoms with van der Waals surface area (Å²) in [6.45, 7) is 9.39. The van der Waals surface area contributed by atoms with Crippen molar-refractivity contribution in [3.05, 3.63) is 59.7 Å². The summed E-state index contributed by atoms with van der Waals surface area (Å²) in [4.78, 5) is 23.5. The van der Waals surface area contributed by atoms with Gasteiger partial charge in [0.15, 0.2) is 0 Å². The molecular weight excluding hydrogens is 536 g/mol. The van der Waals surface area contributed by atoms with Gasteiger partial charge >= 0.3 is 11.9 Å². The quantitative estimate of drug-likeness (QED) is 0.107. The van der Waals surface area contributed by atoms with Crippen LogP contribution in [-0.2, 0) is 31.9 Å². The fourth-order valence-corrected chi connectivity index (χ4v) is 4.37. The van der Waals surface area contributed by atoms with E-state index in [0.29, 0.717) is 5.75 Å². The summed E-state index contributed by atoms with van der Waals surface area (Å²) in [5, 5.41) is 18.1. The molecule has 8 heteroatoms. The first-order chi connectivity index (χ1) is 20.3. The van der Waals surface area contributed by atoms with Crippen molar-refractivity contribution in [3.63, 3.8) is 0 Å². The molecule has 0 radical (unpaired) electrons. The van der Waals surface area contributed by atoms with Crippen LogP contribution in [0.3, 0.4) is 0 Å². The number of rotatable bonds is 21. The predicted octanol–water partition coefficient (Wildman–Crippen LogP) is 5.84. The number of unbranched alkanes of at least 4 members (excludes halogenated alkanes) is 4. The highest BCUT2D eigenvalue weighted by Gasteiger charge is 2.15. The Morgan fingerprint density at radius 3 is 1.71 bits per heavy atom. The van der Waals surface area contributed by atoms with E-state index >= 15 is 0 Å². The zero-order valence-electron chi connectivity index (χ0n) is 25.5. The molecular formula is C34H48O8. The number of carbonyl (C=O) groups excluding carboxylic acids is 2. The molecule has 0 fully saturated rings. The minimum Gasteiger partial charge on any atom is -0.490 e. The van der Waals surface area contributed by atoms with E-state index in [1.807, 2.05) is 12.1 Å². The number of hydrogen-bond donors (Lipinski definition) is 2. The Morgan fingerprint density at radius 2 is 1.26 bits per heavy atom. The van der Waals surface area contributed by atoms with Crippen molar-refractivity contribution in [2.24, 2.45) is 5.92 Å². The smallest absolute Gasteiger partial charge is 0.335 e. The second-order valence-electron chi connectivity index (χ2n) is 10.4. The van der Waals surface area contributed by atoms with Gasteiger partial charge in [-0.15, -0.1) is 0 Å². The zero-order chi connectivity index (χ0) is 30.7. The van der Waals surface area contributed by atoms with E-state index in [1.165, 1.54) is 11.1 Å². The molecule has 0 saturated heterocycles. The number of aliphatic hydroxyl groups is 2. The largest absolute Gasteiger partial charge is 0.490 e. The van der Waals surface area contributed by atoms with Gasteiger partial charge in [0, 0.05) is 0 Å². The number of esters is 2. The van der Waals surface area contributed by atoms with Gasteiger partial charge in [0.1, 0.15) is 37.9 Å². The fraction of sp³-hybridized carbons (Fsp3) is 0.529. The third-order valence-corrected chi connectivity index (χ3v) is 6.88. The van der Waals surface area contributed by atoms with Crippen LogP contribution < -0.4 is 9.47 Å². The van der Waals surface area contributed by atoms with Crippen LogP contribution in [0, 0.1) is 5.92 Å². The first-order valence-corrected chi connectivity index (χ1v) is 15.1. The minimum absolute atomic E-state index is 0.0137. The maximum Gasteiger partial charge on any atom is 0.335 e. The van der Waals surface area contributed by atoms with Crippen molar-refractivity contribution in [1.82, 2.24) is 0 Å². The average molecular weight is 585 g/mol. The van der Waals surface area contributed by atoms with Crippen molar-refractivity contribution in [2.45, 2.75) is 72.1 Å². The molecule has 2 N–H and O–H groups in total. The number of aliphatic hydroxyl groups excluding tert-OH is 2. The molecule has 1 unspecified atom stereocenters. The zero-order valence-corrected chi connectivity index (χ0v) is 25.5. The second-order valence-corrected chi connectivity index (χ2v) is 10.4. The number of benzene rings is 2. The summed E-state index contributed by atoms with van der Waals surface area (Å²) in [5.41, 5.74) is 4.74. The van der Waals surface area contributed by atoms with Crippen LogP contribution in [0.1, 0.15) is 70.4 Å². The molecule has 232 valence electrons. The first kappa shape index (κ1) is 34.8. The molecule has 0 amide bonds. The van der Waals surface area contributed by atoms with Gasteiger partial charge in [-0.3, -0.25) is 4.79 Å². The monoisotopic (exact) mass is 584 g/mol. The Morgan fingerprint density at radius 1 is 0.762 bits per heavy atom. The van der Waals surface area contributed by atoms with Crippen LogP contribution in [0.15, 0.2) is 48.6 Å². The predicted molar refractivity (Wildman–Crippen MR) is 164 cm³/mol. The SMILES string of the molecule is C=C(CO)C(=O)OCCOc1ccc(-c2ccc(OCCOC(=O)C(C)CO)cc2CCCCC)c(CCCCC)c1. The van der Waals surface area contributed by atoms with Crippen LogP contribution in [0.5, 0.6) is 11.5 Å². The molecule has 0 saturated carbocycles. The molecule has 0 aliphatic rings. The molecule has 1 atom stereocenters. The lowest BCUT2D eigenvalue weighted by Gasteiger charge is -2.18. The van der Waals surface area contributed by atoms with Crippen molar-refractivity contribution in [1.29, 1.82) is 0 Å². The van der Waals surface area contributed by atoms with Crippen LogP contribution >= 0.6 is 0 Å². The lowest BCUT2D eigenvalue weighted by Crippen LogP contribution is -2.20. The molecule has 2 rings (SSSR count). The fourth-order valence-electron chi connectivity index (χ4n) is 4.37. The van der Waals surface area contributed by atoms with Gasteiger partial charge < -0.3 is 29.2 Å². The van der Waals surface area contributed by atoms with Crippen LogP contribution in [0.4, 0.5) is 0 Å². The summed E-state index contributed by atoms with van der Waals surface area (Å²) in [5.74, 6) is -0.180. The van der Waals surface area contributed by atoms with E-state index in [0.717, 1.165) is 68.2 Å². The molecule has 8 nitrogen and oxygen atoms in total. The van der Waals surface area contributed by atoms with E-state index < -0.39 is 24.5 Å². The Balaban J connectivity index is 2.21. The molecule has 0 aliphatic carbocycles. The normalized spacial score (nSPS) is 11.5. The first-order valence-electron chi connectivity index (χ1n) is 15.1. The topological polar surface area (TPSA) is 112 Å². The lowest BCUT2D eigenvalue weighted by molar-refractivity contribution is -0.150. The molecule has 0 spiro atoms. The minimum atomic E-state index is -0.628. The second kappa shape index (κ2) is 19.7. The molecule has 0 bridgehead atoms. The van der Waals surface area contributed by atoms with Gasteiger partial charge in [0.25, 0.3) is 0 Å². The van der Waals surface area contributed by atoms with Crippen molar-refractivity contribution < 1.29 is 38.7 Å². The maximum atomic E-state index is 11.8. The van der Waals surface area contributed by atoms with Crippen LogP contribution in [0.2, 0.25) is 0 Å². The Labute approximate surface area is 250 Å². The van der Waals surface area contributed by atoms with Crippen LogP contribution in [0.25, 0.3) is 11.1 Å². The third-order valence-electron chi connectivity index (χ3n) is 6.88. The maximum absolute atomic E-state index is 11.8. The summed E-state index contributed by atoms with van der Waals surface area (Å²) >= 11 is 0. The Hall–Kier alpha value is -3.36. The van der Waals surface area contributed by atoms with Crippen LogP contribution in [-0.4, -0.2) is 61.8 Å². The number of ether oxygens (including phenoxy) is 4. The van der Waals surface area contributed by atoms with E-state index in [4.69, 9.17) is 29.2 Å². The highest BCUT2D eigenvalue weighted by Crippen LogP contribution is 2.34. The van der Waals surface area contributed by atoms with Gasteiger partial charge in [0.05, 0.1) is 24.7 Å². The van der Waals surface area contributed by atoms with E-state index in [1.54, 1.807) is 6.92 Å². The summed E-state index contributed by atoms with van der Waals surface area (Å²) in [7, 11) is 0. The molecule has 0 heterocycles. The van der Waals surface area contributed by atoms with Crippen molar-refractivity contribution in [2.75, 3.05) is 39.6 Å². The van der Waals surface area contributed by atoms with Crippen molar-refractivity contribution >= 4 is 11.9 Å². The lowest BCUT2D eigenvalue weighted by atomic mass is 9.90. The van der Waals surface area contributed by atoms with E-state index in [-0.39, 0.29) is 38.6 Å². The molecule has 2 aromatic carbocycles. The highest BCUT2D eigenvalue weighted by molar-refractivity contribution is 5.87. The molecule has 2 aromatic rings. The van der Waals surface area contributed by atoms with Crippen molar-refractivity contribution in [3.8, 4) is 22.6 Å². The standard InChI is InChI=1S/C34H48O8/c1-5-7-9-11-27-21-29(39-17-19-41-33(37)25(3)23-35)13-15-31(27)32-16-14-30(22-28(32)12-10-8-6-2)40-18-20-42-34(38)26(4)24-36/h13-16,21-22,26,35-36H,3,5-12,17-20,23-24H2,1-2,4H3. The van der Waals surface area contributed by atoms with E-state index in [2.05, 4.69) is 44.7 Å². The third kappa shape index (κ3) is 11.9. The molecule has 0 aromatic heterocycles. The average Bonchev–Trinajstić information content (AvgIpc) is 3.01. The summed E-state index contributed by atoms with van der Waals surface area (Å²) in [6.07, 6.45) is 8.48. The van der Waals surface area contributed by atoms with Gasteiger partial charge in [0.2, 0.25) is 0 Å². The number of carbonyl (C=O) groups is 2. The highest BCUT2D eigenvalue weighted by atomic mass is 16.6. The Kier molecular flexibility index (Phi) is 16.3. The number of aryl methyl sites for hydroxylation is 2. The molecule has 42 heavy (non-hydrogen) atoms. The van der Waals surface area contributed by atoms with Gasteiger partial charge in [-0.2, -0.15) is 0 Å². The van der Waals surface area contributed by atoms with Gasteiger partial charge in [-0.25, -0.2) is 4.79 Å². The summed E-state index contributed by atoms with van der Waals surface area (Å²) in [6, 6.07) is 12.2. The van der Waals surface area contributed by atoms with Gasteiger partial charge in [-0.1, -0.05) is 58.2 Å². The van der Waals surface area contributed by atoms with E-state index in [9.17, 15) is 9.59 Å². The molecule has 0 aliphatic heterocycles. The summed E-state index contributed by atoms with van der Waals surface area (Å²) < 4.78 is 22.1. The van der Waals surface area contributed by atoms with Gasteiger partial charge in [-0.05, 0) is 79.1 Å². The Bertz CT molecular complexity index is 1130.